The van der Waals surface area contributed by atoms with Gasteiger partial charge in [0, 0.05) is 45.0 Å². The van der Waals surface area contributed by atoms with Crippen LogP contribution >= 0.6 is 0 Å². The molecule has 0 radical (unpaired) electrons. The van der Waals surface area contributed by atoms with Gasteiger partial charge in [0.1, 0.15) is 5.54 Å². The highest BCUT2D eigenvalue weighted by molar-refractivity contribution is 7.92. The SMILES string of the molecule is CO[C@H]1C[C@@H](S(=O)(=O)c2ccc(N3CCN(C4CC4)CC3)cc2C(F)(F)F)C[C@@H]1C(=O)NC1(C#N)CC1. The monoisotopic (exact) mass is 540 g/mol. The van der Waals surface area contributed by atoms with Gasteiger partial charge in [-0.1, -0.05) is 0 Å². The lowest BCUT2D eigenvalue weighted by molar-refractivity contribution is -0.139. The molecule has 12 heteroatoms. The topological polar surface area (TPSA) is 103 Å². The van der Waals surface area contributed by atoms with Crippen molar-refractivity contribution in [3.63, 3.8) is 0 Å². The number of alkyl halides is 3. The summed E-state index contributed by atoms with van der Waals surface area (Å²) in [6.07, 6.45) is -2.55. The summed E-state index contributed by atoms with van der Waals surface area (Å²) in [5.41, 5.74) is -1.76. The Kier molecular flexibility index (Phi) is 6.69. The number of ether oxygens (including phenoxy) is 1. The molecule has 1 aromatic carbocycles. The van der Waals surface area contributed by atoms with Gasteiger partial charge in [-0.05, 0) is 56.7 Å². The van der Waals surface area contributed by atoms with Gasteiger partial charge in [0.15, 0.2) is 9.84 Å². The summed E-state index contributed by atoms with van der Waals surface area (Å²) in [5, 5.41) is 10.7. The number of amides is 1. The predicted octanol–water partition coefficient (Wildman–Crippen LogP) is 2.73. The second-order valence-electron chi connectivity index (χ2n) is 10.6. The van der Waals surface area contributed by atoms with Crippen molar-refractivity contribution in [2.45, 2.75) is 72.5 Å². The molecule has 5 rings (SSSR count). The third kappa shape index (κ3) is 5.18. The van der Waals surface area contributed by atoms with Crippen LogP contribution in [0.4, 0.5) is 18.9 Å². The molecule has 3 atom stereocenters. The molecule has 1 aliphatic heterocycles. The van der Waals surface area contributed by atoms with E-state index < -0.39 is 55.2 Å². The average Bonchev–Trinajstić information content (AvgIpc) is 3.81. The summed E-state index contributed by atoms with van der Waals surface area (Å²) in [5.74, 6) is -1.37. The number of carbonyl (C=O) groups is 1. The molecular weight excluding hydrogens is 509 g/mol. The quantitative estimate of drug-likeness (QED) is 0.567. The number of hydrogen-bond donors (Lipinski definition) is 1. The lowest BCUT2D eigenvalue weighted by Crippen LogP contribution is -2.47. The molecule has 1 amide bonds. The van der Waals surface area contributed by atoms with E-state index in [9.17, 15) is 31.6 Å². The number of carbonyl (C=O) groups excluding carboxylic acids is 1. The van der Waals surface area contributed by atoms with E-state index in [0.29, 0.717) is 37.7 Å². The van der Waals surface area contributed by atoms with Gasteiger partial charge in [0.05, 0.1) is 33.8 Å². The highest BCUT2D eigenvalue weighted by Gasteiger charge is 2.51. The van der Waals surface area contributed by atoms with Gasteiger partial charge >= 0.3 is 6.18 Å². The molecule has 202 valence electrons. The number of sulfone groups is 1. The van der Waals surface area contributed by atoms with Crippen LogP contribution in [0.15, 0.2) is 23.1 Å². The fourth-order valence-corrected chi connectivity index (χ4v) is 7.61. The van der Waals surface area contributed by atoms with Crippen LogP contribution in [0.3, 0.4) is 0 Å². The maximum absolute atomic E-state index is 14.2. The molecule has 3 saturated carbocycles. The first-order valence-electron chi connectivity index (χ1n) is 12.7. The number of piperazine rings is 1. The minimum atomic E-state index is -4.87. The molecule has 3 aliphatic carbocycles. The van der Waals surface area contributed by atoms with Crippen LogP contribution in [0.25, 0.3) is 0 Å². The highest BCUT2D eigenvalue weighted by atomic mass is 32.2. The number of methoxy groups -OCH3 is 1. The Hall–Kier alpha value is -2.36. The van der Waals surface area contributed by atoms with Crippen LogP contribution in [0.5, 0.6) is 0 Å². The number of rotatable bonds is 7. The number of halogens is 3. The molecule has 1 aromatic rings. The van der Waals surface area contributed by atoms with Crippen LogP contribution in [-0.2, 0) is 25.5 Å². The summed E-state index contributed by atoms with van der Waals surface area (Å²) in [6.45, 7) is 2.70. The molecule has 4 fully saturated rings. The molecule has 37 heavy (non-hydrogen) atoms. The Bertz CT molecular complexity index is 1200. The van der Waals surface area contributed by atoms with Crippen LogP contribution in [0.2, 0.25) is 0 Å². The molecular formula is C25H31F3N4O4S. The smallest absolute Gasteiger partial charge is 0.381 e. The molecule has 0 unspecified atom stereocenters. The second-order valence-corrected chi connectivity index (χ2v) is 12.8. The first-order valence-corrected chi connectivity index (χ1v) is 14.2. The van der Waals surface area contributed by atoms with Crippen molar-refractivity contribution in [1.29, 1.82) is 5.26 Å². The average molecular weight is 541 g/mol. The fraction of sp³-hybridized carbons (Fsp3) is 0.680. The third-order valence-corrected chi connectivity index (χ3v) is 10.4. The summed E-state index contributed by atoms with van der Waals surface area (Å²) in [6, 6.07) is 6.09. The van der Waals surface area contributed by atoms with Crippen LogP contribution in [-0.4, -0.2) is 75.4 Å². The second kappa shape index (κ2) is 9.43. The first-order chi connectivity index (χ1) is 17.5. The minimum Gasteiger partial charge on any atom is -0.381 e. The van der Waals surface area contributed by atoms with E-state index in [-0.39, 0.29) is 12.8 Å². The Labute approximate surface area is 214 Å². The van der Waals surface area contributed by atoms with Gasteiger partial charge in [-0.25, -0.2) is 8.42 Å². The molecule has 1 N–H and O–H groups in total. The van der Waals surface area contributed by atoms with Crippen molar-refractivity contribution >= 4 is 21.4 Å². The zero-order valence-electron chi connectivity index (χ0n) is 20.6. The highest BCUT2D eigenvalue weighted by Crippen LogP contribution is 2.43. The van der Waals surface area contributed by atoms with E-state index in [4.69, 9.17) is 4.74 Å². The molecule has 1 saturated heterocycles. The predicted molar refractivity (Wildman–Crippen MR) is 128 cm³/mol. The Balaban J connectivity index is 1.37. The van der Waals surface area contributed by atoms with E-state index in [2.05, 4.69) is 16.3 Å². The lowest BCUT2D eigenvalue weighted by atomic mass is 10.0. The Morgan fingerprint density at radius 2 is 1.84 bits per heavy atom. The Morgan fingerprint density at radius 1 is 1.16 bits per heavy atom. The van der Waals surface area contributed by atoms with Crippen molar-refractivity contribution in [3.8, 4) is 6.07 Å². The van der Waals surface area contributed by atoms with Crippen molar-refractivity contribution in [2.24, 2.45) is 5.92 Å². The van der Waals surface area contributed by atoms with Crippen molar-refractivity contribution in [1.82, 2.24) is 10.2 Å². The van der Waals surface area contributed by atoms with Gasteiger partial charge in [0.25, 0.3) is 0 Å². The van der Waals surface area contributed by atoms with Crippen molar-refractivity contribution < 1.29 is 31.1 Å². The summed E-state index contributed by atoms with van der Waals surface area (Å²) in [4.78, 5) is 16.3. The zero-order valence-corrected chi connectivity index (χ0v) is 21.4. The van der Waals surface area contributed by atoms with Gasteiger partial charge in [-0.15, -0.1) is 0 Å². The number of nitrogens with zero attached hydrogens (tertiary/aromatic N) is 3. The van der Waals surface area contributed by atoms with E-state index in [1.807, 2.05) is 4.90 Å². The van der Waals surface area contributed by atoms with Gasteiger partial charge in [0.2, 0.25) is 5.91 Å². The molecule has 8 nitrogen and oxygen atoms in total. The maximum atomic E-state index is 14.2. The molecule has 1 heterocycles. The number of nitriles is 1. The summed E-state index contributed by atoms with van der Waals surface area (Å²) in [7, 11) is -3.08. The van der Waals surface area contributed by atoms with E-state index in [1.54, 1.807) is 0 Å². The van der Waals surface area contributed by atoms with Gasteiger partial charge in [-0.3, -0.25) is 9.69 Å². The molecule has 4 aliphatic rings. The number of nitrogens with one attached hydrogen (secondary N) is 1. The molecule has 0 spiro atoms. The summed E-state index contributed by atoms with van der Waals surface area (Å²) < 4.78 is 74.9. The molecule has 0 aromatic heterocycles. The maximum Gasteiger partial charge on any atom is 0.417 e. The molecule has 0 bridgehead atoms. The van der Waals surface area contributed by atoms with E-state index in [1.165, 1.54) is 13.2 Å². The van der Waals surface area contributed by atoms with Crippen LogP contribution in [0.1, 0.15) is 44.1 Å². The van der Waals surface area contributed by atoms with Crippen LogP contribution < -0.4 is 10.2 Å². The lowest BCUT2D eigenvalue weighted by Gasteiger charge is -2.36. The number of anilines is 1. The van der Waals surface area contributed by atoms with Crippen molar-refractivity contribution in [3.05, 3.63) is 23.8 Å². The minimum absolute atomic E-state index is 0.0986. The number of hydrogen-bond acceptors (Lipinski definition) is 7. The normalized spacial score (nSPS) is 28.1. The zero-order chi connectivity index (χ0) is 26.6. The van der Waals surface area contributed by atoms with Gasteiger partial charge < -0.3 is 15.0 Å². The van der Waals surface area contributed by atoms with E-state index >= 15 is 0 Å². The van der Waals surface area contributed by atoms with Gasteiger partial charge in [-0.2, -0.15) is 18.4 Å². The third-order valence-electron chi connectivity index (χ3n) is 8.18. The van der Waals surface area contributed by atoms with E-state index in [0.717, 1.165) is 38.1 Å². The van der Waals surface area contributed by atoms with Crippen LogP contribution in [0, 0.1) is 17.2 Å². The number of benzene rings is 1. The largest absolute Gasteiger partial charge is 0.417 e. The fourth-order valence-electron chi connectivity index (χ4n) is 5.61. The standard InChI is InChI=1S/C25H31F3N4O4S/c1-36-21-14-18(13-19(21)23(33)30-24(15-29)6-7-24)37(34,35)22-5-4-17(12-20(22)25(26,27)28)32-10-8-31(9-11-32)16-2-3-16/h4-5,12,16,18-19,21H,2-3,6-11,13-14H2,1H3,(H,30,33)/t18-,19-,21-/m0/s1. The summed E-state index contributed by atoms with van der Waals surface area (Å²) >= 11 is 0. The first kappa shape index (κ1) is 26.3. The van der Waals surface area contributed by atoms with Crippen molar-refractivity contribution in [2.75, 3.05) is 38.2 Å². The Morgan fingerprint density at radius 3 is 2.38 bits per heavy atom.